The Labute approximate surface area is 117 Å². The maximum Gasteiger partial charge on any atom is 0.178 e. The van der Waals surface area contributed by atoms with Gasteiger partial charge in [-0.2, -0.15) is 0 Å². The van der Waals surface area contributed by atoms with E-state index in [-0.39, 0.29) is 11.3 Å². The van der Waals surface area contributed by atoms with Crippen LogP contribution >= 0.6 is 0 Å². The zero-order valence-corrected chi connectivity index (χ0v) is 13.4. The van der Waals surface area contributed by atoms with E-state index >= 15 is 0 Å². The van der Waals surface area contributed by atoms with Crippen molar-refractivity contribution in [2.75, 3.05) is 12.3 Å². The maximum atomic E-state index is 12.3. The predicted molar refractivity (Wildman–Crippen MR) is 80.3 cm³/mol. The number of benzene rings is 1. The molecule has 0 aromatic heterocycles. The van der Waals surface area contributed by atoms with Gasteiger partial charge in [-0.3, -0.25) is 0 Å². The van der Waals surface area contributed by atoms with E-state index in [0.717, 1.165) is 11.1 Å². The van der Waals surface area contributed by atoms with Crippen LogP contribution in [0.2, 0.25) is 0 Å². The van der Waals surface area contributed by atoms with Crippen molar-refractivity contribution in [1.29, 1.82) is 0 Å². The quantitative estimate of drug-likeness (QED) is 0.845. The van der Waals surface area contributed by atoms with Crippen molar-refractivity contribution < 1.29 is 8.42 Å². The Morgan fingerprint density at radius 3 is 2.32 bits per heavy atom. The molecular weight excluding hydrogens is 258 g/mol. The lowest BCUT2D eigenvalue weighted by Gasteiger charge is -2.20. The molecule has 0 aliphatic rings. The summed E-state index contributed by atoms with van der Waals surface area (Å²) in [5.41, 5.74) is 1.96. The Balaban J connectivity index is 2.66. The Hall–Kier alpha value is -0.870. The molecule has 0 fully saturated rings. The van der Waals surface area contributed by atoms with Gasteiger partial charge in [0.2, 0.25) is 0 Å². The minimum absolute atomic E-state index is 0.0313. The van der Waals surface area contributed by atoms with Crippen molar-refractivity contribution in [2.45, 2.75) is 51.5 Å². The van der Waals surface area contributed by atoms with E-state index in [4.69, 9.17) is 0 Å². The number of nitrogens with one attached hydrogen (secondary N) is 1. The lowest BCUT2D eigenvalue weighted by atomic mass is 10.1. The summed E-state index contributed by atoms with van der Waals surface area (Å²) < 4.78 is 24.5. The van der Waals surface area contributed by atoms with Crippen LogP contribution in [0.4, 0.5) is 0 Å². The zero-order valence-electron chi connectivity index (χ0n) is 12.6. The van der Waals surface area contributed by atoms with Gasteiger partial charge in [0.1, 0.15) is 0 Å². The molecule has 0 saturated heterocycles. The summed E-state index contributed by atoms with van der Waals surface area (Å²) >= 11 is 0. The van der Waals surface area contributed by atoms with E-state index in [1.165, 1.54) is 0 Å². The minimum Gasteiger partial charge on any atom is -0.312 e. The highest BCUT2D eigenvalue weighted by Gasteiger charge is 2.17. The molecule has 0 bridgehead atoms. The summed E-state index contributed by atoms with van der Waals surface area (Å²) in [5, 5.41) is 3.31. The van der Waals surface area contributed by atoms with Gasteiger partial charge in [0.25, 0.3) is 0 Å². The lowest BCUT2D eigenvalue weighted by molar-refractivity contribution is 0.426. The summed E-state index contributed by atoms with van der Waals surface area (Å²) in [5.74, 6) is 0.194. The number of hydrogen-bond acceptors (Lipinski definition) is 3. The average Bonchev–Trinajstić information content (AvgIpc) is 2.22. The predicted octanol–water partition coefficient (Wildman–Crippen LogP) is 2.86. The molecule has 0 amide bonds. The van der Waals surface area contributed by atoms with E-state index in [1.54, 1.807) is 6.07 Å². The highest BCUT2D eigenvalue weighted by atomic mass is 32.2. The number of hydrogen-bond donors (Lipinski definition) is 1. The Bertz CT molecular complexity index is 528. The molecule has 1 aromatic carbocycles. The molecule has 1 rings (SSSR count). The van der Waals surface area contributed by atoms with Crippen molar-refractivity contribution in [3.63, 3.8) is 0 Å². The van der Waals surface area contributed by atoms with Crippen LogP contribution in [-0.4, -0.2) is 26.3 Å². The lowest BCUT2D eigenvalue weighted by Crippen LogP contribution is -2.37. The van der Waals surface area contributed by atoms with E-state index in [9.17, 15) is 8.42 Å². The van der Waals surface area contributed by atoms with Gasteiger partial charge in [0, 0.05) is 5.54 Å². The highest BCUT2D eigenvalue weighted by Crippen LogP contribution is 2.18. The Morgan fingerprint density at radius 1 is 1.16 bits per heavy atom. The van der Waals surface area contributed by atoms with Crippen LogP contribution in [0.5, 0.6) is 0 Å². The van der Waals surface area contributed by atoms with E-state index in [0.29, 0.717) is 17.9 Å². The second kappa shape index (κ2) is 6.06. The molecule has 0 radical (unpaired) electrons. The number of rotatable bonds is 5. The second-order valence-corrected chi connectivity index (χ2v) is 8.20. The number of aryl methyl sites for hydroxylation is 2. The fraction of sp³-hybridized carbons (Fsp3) is 0.600. The first-order valence-electron chi connectivity index (χ1n) is 6.67. The van der Waals surface area contributed by atoms with Crippen LogP contribution in [0.1, 0.15) is 38.3 Å². The molecule has 0 aliphatic carbocycles. The molecular formula is C15H25NO2S. The molecule has 1 N–H and O–H groups in total. The summed E-state index contributed by atoms with van der Waals surface area (Å²) in [6.07, 6.45) is 0.632. The first-order chi connectivity index (χ1) is 8.62. The molecule has 0 saturated carbocycles. The molecule has 0 unspecified atom stereocenters. The molecule has 19 heavy (non-hydrogen) atoms. The van der Waals surface area contributed by atoms with Crippen LogP contribution in [0.15, 0.2) is 23.1 Å². The summed E-state index contributed by atoms with van der Waals surface area (Å²) in [6.45, 7) is 10.8. The minimum atomic E-state index is -3.17. The molecule has 1 aromatic rings. The fourth-order valence-corrected chi connectivity index (χ4v) is 3.55. The maximum absolute atomic E-state index is 12.3. The van der Waals surface area contributed by atoms with Crippen LogP contribution in [0.3, 0.4) is 0 Å². The van der Waals surface area contributed by atoms with Gasteiger partial charge in [-0.1, -0.05) is 17.7 Å². The average molecular weight is 283 g/mol. The fourth-order valence-electron chi connectivity index (χ4n) is 1.98. The van der Waals surface area contributed by atoms with Crippen molar-refractivity contribution >= 4 is 9.84 Å². The largest absolute Gasteiger partial charge is 0.312 e. The Morgan fingerprint density at radius 2 is 1.79 bits per heavy atom. The molecule has 3 nitrogen and oxygen atoms in total. The van der Waals surface area contributed by atoms with E-state index in [2.05, 4.69) is 26.1 Å². The van der Waals surface area contributed by atoms with Crippen molar-refractivity contribution in [1.82, 2.24) is 5.32 Å². The molecule has 0 aliphatic heterocycles. The highest BCUT2D eigenvalue weighted by molar-refractivity contribution is 7.91. The molecule has 0 atom stereocenters. The van der Waals surface area contributed by atoms with Gasteiger partial charge in [-0.15, -0.1) is 0 Å². The second-order valence-electron chi connectivity index (χ2n) is 6.12. The van der Waals surface area contributed by atoms with E-state index in [1.807, 2.05) is 26.0 Å². The Kier molecular flexibility index (Phi) is 5.16. The van der Waals surface area contributed by atoms with Crippen LogP contribution < -0.4 is 5.32 Å². The SMILES string of the molecule is Cc1ccc(S(=O)(=O)CCCNC(C)(C)C)c(C)c1. The third-order valence-electron chi connectivity index (χ3n) is 2.91. The first kappa shape index (κ1) is 16.2. The topological polar surface area (TPSA) is 46.2 Å². The molecule has 4 heteroatoms. The standard InChI is InChI=1S/C15H25NO2S/c1-12-7-8-14(13(2)11-12)19(17,18)10-6-9-16-15(3,4)5/h7-8,11,16H,6,9-10H2,1-5H3. The normalized spacial score (nSPS) is 12.7. The van der Waals surface area contributed by atoms with Gasteiger partial charge in [-0.25, -0.2) is 8.42 Å². The zero-order chi connectivity index (χ0) is 14.7. The summed E-state index contributed by atoms with van der Waals surface area (Å²) in [4.78, 5) is 0.467. The van der Waals surface area contributed by atoms with Gasteiger partial charge >= 0.3 is 0 Å². The van der Waals surface area contributed by atoms with E-state index < -0.39 is 9.84 Å². The van der Waals surface area contributed by atoms with Gasteiger partial charge in [0.15, 0.2) is 9.84 Å². The smallest absolute Gasteiger partial charge is 0.178 e. The van der Waals surface area contributed by atoms with Crippen LogP contribution in [0.25, 0.3) is 0 Å². The monoisotopic (exact) mass is 283 g/mol. The molecule has 0 spiro atoms. The van der Waals surface area contributed by atoms with Crippen LogP contribution in [0, 0.1) is 13.8 Å². The van der Waals surface area contributed by atoms with Crippen molar-refractivity contribution in [2.24, 2.45) is 0 Å². The van der Waals surface area contributed by atoms with Gasteiger partial charge < -0.3 is 5.32 Å². The molecule has 0 heterocycles. The van der Waals surface area contributed by atoms with Gasteiger partial charge in [-0.05, 0) is 59.2 Å². The van der Waals surface area contributed by atoms with Gasteiger partial charge in [0.05, 0.1) is 10.6 Å². The third kappa shape index (κ3) is 5.33. The first-order valence-corrected chi connectivity index (χ1v) is 8.32. The summed E-state index contributed by atoms with van der Waals surface area (Å²) in [7, 11) is -3.17. The van der Waals surface area contributed by atoms with Crippen molar-refractivity contribution in [3.05, 3.63) is 29.3 Å². The summed E-state index contributed by atoms with van der Waals surface area (Å²) in [6, 6.07) is 5.49. The third-order valence-corrected chi connectivity index (χ3v) is 4.86. The van der Waals surface area contributed by atoms with Crippen LogP contribution in [-0.2, 0) is 9.84 Å². The number of sulfone groups is 1. The van der Waals surface area contributed by atoms with Crippen molar-refractivity contribution in [3.8, 4) is 0 Å². The molecule has 108 valence electrons.